The molecule has 3 rings (SSSR count). The molecule has 1 aliphatic heterocycles. The van der Waals surface area contributed by atoms with Gasteiger partial charge in [-0.3, -0.25) is 14.7 Å². The molecule has 2 aromatic rings. The van der Waals surface area contributed by atoms with Crippen molar-refractivity contribution in [1.29, 1.82) is 0 Å². The maximum Gasteiger partial charge on any atom is 1.00 e. The van der Waals surface area contributed by atoms with Crippen LogP contribution in [0.2, 0.25) is 0 Å². The van der Waals surface area contributed by atoms with Crippen molar-refractivity contribution in [1.82, 2.24) is 20.1 Å². The standard InChI is InChI=1S/C24H32N4O6.Li/c1-24(2,3)34-23(32)28-12-10-27(11-13-28)9-4-14-33-17-5-6-20-19(15-17)18(7-8-25-20)22(31)26-16-21(29)30;/h5-8,15H,4,9-14,16H2,1-3H3,(H,26,31)(H,29,30);/q;+1/p-1. The Morgan fingerprint density at radius 2 is 1.83 bits per heavy atom. The molecule has 0 atom stereocenters. The summed E-state index contributed by atoms with van der Waals surface area (Å²) in [4.78, 5) is 43.4. The second kappa shape index (κ2) is 12.8. The average molecular weight is 478 g/mol. The van der Waals surface area contributed by atoms with Gasteiger partial charge in [0.25, 0.3) is 5.91 Å². The molecule has 1 N–H and O–H groups in total. The maximum absolute atomic E-state index is 12.3. The van der Waals surface area contributed by atoms with Crippen LogP contribution in [0.4, 0.5) is 4.79 Å². The van der Waals surface area contributed by atoms with E-state index in [-0.39, 0.29) is 25.0 Å². The van der Waals surface area contributed by atoms with Gasteiger partial charge in [-0.05, 0) is 51.5 Å². The quantitative estimate of drug-likeness (QED) is 0.343. The second-order valence-corrected chi connectivity index (χ2v) is 9.10. The SMILES string of the molecule is CC(C)(C)OC(=O)N1CCN(CCCOc2ccc3nccc(C(=O)NCC(=O)[O-])c3c2)CC1.[Li+]. The number of benzene rings is 1. The van der Waals surface area contributed by atoms with Gasteiger partial charge in [0.2, 0.25) is 0 Å². The topological polar surface area (TPSA) is 124 Å². The van der Waals surface area contributed by atoms with Gasteiger partial charge < -0.3 is 29.6 Å². The van der Waals surface area contributed by atoms with Crippen LogP contribution in [0.25, 0.3) is 10.9 Å². The number of nitrogens with one attached hydrogen (secondary N) is 1. The van der Waals surface area contributed by atoms with Crippen LogP contribution >= 0.6 is 0 Å². The Morgan fingerprint density at radius 3 is 2.49 bits per heavy atom. The molecule has 0 spiro atoms. The van der Waals surface area contributed by atoms with Gasteiger partial charge in [0.05, 0.1) is 30.2 Å². The zero-order chi connectivity index (χ0) is 24.7. The van der Waals surface area contributed by atoms with E-state index < -0.39 is 24.0 Å². The third-order valence-electron chi connectivity index (χ3n) is 5.26. The van der Waals surface area contributed by atoms with Gasteiger partial charge in [-0.25, -0.2) is 4.79 Å². The number of hydrogen-bond donors (Lipinski definition) is 1. The van der Waals surface area contributed by atoms with Gasteiger partial charge in [-0.1, -0.05) is 0 Å². The number of carbonyl (C=O) groups is 3. The fraction of sp³-hybridized carbons (Fsp3) is 0.500. The van der Waals surface area contributed by atoms with Crippen LogP contribution in [-0.2, 0) is 9.53 Å². The number of rotatable bonds is 8. The Bertz CT molecular complexity index is 1030. The first-order chi connectivity index (χ1) is 16.1. The molecule has 1 aromatic heterocycles. The number of hydrogen-bond acceptors (Lipinski definition) is 8. The minimum atomic E-state index is -1.36. The normalized spacial score (nSPS) is 14.2. The minimum absolute atomic E-state index is 0. The number of pyridine rings is 1. The van der Waals surface area contributed by atoms with Crippen molar-refractivity contribution in [2.45, 2.75) is 32.8 Å². The Labute approximate surface area is 217 Å². The Hall–Kier alpha value is -2.80. The molecule has 10 nitrogen and oxygen atoms in total. The van der Waals surface area contributed by atoms with Gasteiger partial charge in [-0.2, -0.15) is 0 Å². The van der Waals surface area contributed by atoms with Crippen LogP contribution in [0.1, 0.15) is 37.6 Å². The first-order valence-electron chi connectivity index (χ1n) is 11.3. The Balaban J connectivity index is 0.00000432. The predicted molar refractivity (Wildman–Crippen MR) is 123 cm³/mol. The summed E-state index contributed by atoms with van der Waals surface area (Å²) in [7, 11) is 0. The van der Waals surface area contributed by atoms with E-state index >= 15 is 0 Å². The molecule has 2 amide bonds. The summed E-state index contributed by atoms with van der Waals surface area (Å²) in [5, 5.41) is 13.5. The van der Waals surface area contributed by atoms with E-state index in [1.165, 1.54) is 12.3 Å². The van der Waals surface area contributed by atoms with Crippen LogP contribution in [0.15, 0.2) is 30.5 Å². The van der Waals surface area contributed by atoms with Crippen LogP contribution in [0.3, 0.4) is 0 Å². The third-order valence-corrected chi connectivity index (χ3v) is 5.26. The van der Waals surface area contributed by atoms with Crippen LogP contribution < -0.4 is 34.0 Å². The molecule has 0 aliphatic carbocycles. The smallest absolute Gasteiger partial charge is 0.548 e. The molecular formula is C24H31LiN4O6. The number of nitrogens with zero attached hydrogens (tertiary/aromatic N) is 3. The van der Waals surface area contributed by atoms with Crippen molar-refractivity contribution >= 4 is 28.9 Å². The number of ether oxygens (including phenoxy) is 2. The maximum atomic E-state index is 12.3. The van der Waals surface area contributed by atoms with Crippen LogP contribution in [-0.4, -0.2) is 84.2 Å². The largest absolute Gasteiger partial charge is 1.00 e. The molecular weight excluding hydrogens is 447 g/mol. The number of amides is 2. The molecule has 184 valence electrons. The molecule has 1 saturated heterocycles. The van der Waals surface area contributed by atoms with Gasteiger partial charge >= 0.3 is 25.0 Å². The van der Waals surface area contributed by atoms with E-state index in [2.05, 4.69) is 15.2 Å². The summed E-state index contributed by atoms with van der Waals surface area (Å²) in [6.45, 7) is 9.19. The molecule has 1 aromatic carbocycles. The first-order valence-corrected chi connectivity index (χ1v) is 11.3. The number of carboxylic acids is 1. The van der Waals surface area contributed by atoms with E-state index in [0.29, 0.717) is 41.9 Å². The van der Waals surface area contributed by atoms with Crippen LogP contribution in [0, 0.1) is 0 Å². The van der Waals surface area contributed by atoms with Gasteiger partial charge in [0, 0.05) is 44.3 Å². The number of piperazine rings is 1. The molecule has 0 radical (unpaired) electrons. The summed E-state index contributed by atoms with van der Waals surface area (Å²) in [6.07, 6.45) is 2.03. The van der Waals surface area contributed by atoms with E-state index in [0.717, 1.165) is 26.1 Å². The number of fused-ring (bicyclic) bond motifs is 1. The zero-order valence-electron chi connectivity index (χ0n) is 20.8. The van der Waals surface area contributed by atoms with E-state index in [9.17, 15) is 19.5 Å². The molecule has 0 unspecified atom stereocenters. The number of aromatic nitrogens is 1. The molecule has 1 aliphatic rings. The van der Waals surface area contributed by atoms with Crippen molar-refractivity contribution < 1.29 is 47.8 Å². The van der Waals surface area contributed by atoms with Crippen molar-refractivity contribution in [2.75, 3.05) is 45.9 Å². The predicted octanol–water partition coefficient (Wildman–Crippen LogP) is -1.96. The summed E-state index contributed by atoms with van der Waals surface area (Å²) in [5.41, 5.74) is 0.432. The molecule has 0 bridgehead atoms. The number of carboxylic acid groups (broad SMARTS) is 1. The summed E-state index contributed by atoms with van der Waals surface area (Å²) >= 11 is 0. The van der Waals surface area contributed by atoms with E-state index in [1.807, 2.05) is 20.8 Å². The third kappa shape index (κ3) is 8.73. The average Bonchev–Trinajstić information content (AvgIpc) is 2.79. The summed E-state index contributed by atoms with van der Waals surface area (Å²) in [5.74, 6) is -1.27. The minimum Gasteiger partial charge on any atom is -0.548 e. The Kier molecular flexibility index (Phi) is 10.4. The molecule has 1 fully saturated rings. The number of aliphatic carboxylic acids is 1. The molecule has 2 heterocycles. The second-order valence-electron chi connectivity index (χ2n) is 9.10. The number of carbonyl (C=O) groups excluding carboxylic acids is 3. The van der Waals surface area contributed by atoms with Gasteiger partial charge in [0.1, 0.15) is 11.4 Å². The summed E-state index contributed by atoms with van der Waals surface area (Å²) in [6, 6.07) is 6.82. The van der Waals surface area contributed by atoms with Crippen molar-refractivity contribution in [3.8, 4) is 5.75 Å². The van der Waals surface area contributed by atoms with Gasteiger partial charge in [0.15, 0.2) is 0 Å². The van der Waals surface area contributed by atoms with Crippen molar-refractivity contribution in [3.05, 3.63) is 36.0 Å². The fourth-order valence-electron chi connectivity index (χ4n) is 3.62. The van der Waals surface area contributed by atoms with Crippen molar-refractivity contribution in [2.24, 2.45) is 0 Å². The van der Waals surface area contributed by atoms with E-state index in [4.69, 9.17) is 9.47 Å². The fourth-order valence-corrected chi connectivity index (χ4v) is 3.62. The van der Waals surface area contributed by atoms with Gasteiger partial charge in [-0.15, -0.1) is 0 Å². The molecule has 0 saturated carbocycles. The summed E-state index contributed by atoms with van der Waals surface area (Å²) < 4.78 is 11.3. The first kappa shape index (κ1) is 28.4. The monoisotopic (exact) mass is 478 g/mol. The molecule has 35 heavy (non-hydrogen) atoms. The Morgan fingerprint density at radius 1 is 1.11 bits per heavy atom. The zero-order valence-corrected chi connectivity index (χ0v) is 20.8. The van der Waals surface area contributed by atoms with E-state index in [1.54, 1.807) is 23.1 Å². The van der Waals surface area contributed by atoms with Crippen molar-refractivity contribution in [3.63, 3.8) is 0 Å². The van der Waals surface area contributed by atoms with Crippen LogP contribution in [0.5, 0.6) is 5.75 Å². The molecule has 11 heteroatoms.